The molecule has 0 aliphatic heterocycles. The highest BCUT2D eigenvalue weighted by molar-refractivity contribution is 14.1. The smallest absolute Gasteiger partial charge is 0.258 e. The fraction of sp³-hybridized carbons (Fsp3) is 0.143. The number of alkyl halides is 3. The van der Waals surface area contributed by atoms with Crippen molar-refractivity contribution in [2.75, 3.05) is 5.48 Å². The molecular formula is C7H5F3INO. The highest BCUT2D eigenvalue weighted by atomic mass is 127. The van der Waals surface area contributed by atoms with Crippen molar-refractivity contribution in [3.8, 4) is 0 Å². The summed E-state index contributed by atoms with van der Waals surface area (Å²) in [6.45, 7) is 0. The number of benzene rings is 1. The molecule has 0 atom stereocenters. The number of halogens is 4. The number of anilines is 1. The summed E-state index contributed by atoms with van der Waals surface area (Å²) in [5, 5.41) is 0. The second kappa shape index (κ2) is 4.14. The van der Waals surface area contributed by atoms with Crippen LogP contribution in [0.25, 0.3) is 0 Å². The zero-order valence-electron chi connectivity index (χ0n) is 6.23. The summed E-state index contributed by atoms with van der Waals surface area (Å²) in [4.78, 5) is 3.40. The fourth-order valence-electron chi connectivity index (χ4n) is 0.635. The van der Waals surface area contributed by atoms with E-state index in [-0.39, 0.29) is 5.69 Å². The third-order valence-electron chi connectivity index (χ3n) is 1.13. The van der Waals surface area contributed by atoms with Crippen LogP contribution in [0.2, 0.25) is 0 Å². The topological polar surface area (TPSA) is 21.3 Å². The predicted octanol–water partition coefficient (Wildman–Crippen LogP) is 3.15. The molecule has 72 valence electrons. The highest BCUT2D eigenvalue weighted by Gasteiger charge is 2.29. The van der Waals surface area contributed by atoms with Gasteiger partial charge in [0.2, 0.25) is 0 Å². The van der Waals surface area contributed by atoms with Gasteiger partial charge >= 0.3 is 6.36 Å². The molecule has 0 amide bonds. The molecule has 2 nitrogen and oxygen atoms in total. The van der Waals surface area contributed by atoms with Crippen LogP contribution in [0.15, 0.2) is 24.3 Å². The molecule has 0 fully saturated rings. The Hall–Kier alpha value is -0.500. The van der Waals surface area contributed by atoms with E-state index >= 15 is 0 Å². The SMILES string of the molecule is FC(F)(F)ONc1ccc(I)cc1. The average Bonchev–Trinajstić information content (AvgIpc) is 2.02. The lowest BCUT2D eigenvalue weighted by molar-refractivity contribution is -0.311. The molecule has 0 aromatic heterocycles. The monoisotopic (exact) mass is 303 g/mol. The van der Waals surface area contributed by atoms with Crippen LogP contribution in [-0.2, 0) is 4.84 Å². The van der Waals surface area contributed by atoms with Crippen molar-refractivity contribution in [2.45, 2.75) is 6.36 Å². The van der Waals surface area contributed by atoms with E-state index in [9.17, 15) is 13.2 Å². The maximum Gasteiger partial charge on any atom is 0.543 e. The molecule has 1 aromatic rings. The third-order valence-corrected chi connectivity index (χ3v) is 1.85. The van der Waals surface area contributed by atoms with E-state index in [1.54, 1.807) is 17.6 Å². The Morgan fingerprint density at radius 3 is 2.15 bits per heavy atom. The van der Waals surface area contributed by atoms with E-state index in [1.165, 1.54) is 12.1 Å². The zero-order chi connectivity index (χ0) is 9.90. The predicted molar refractivity (Wildman–Crippen MR) is 49.9 cm³/mol. The summed E-state index contributed by atoms with van der Waals surface area (Å²) in [5.74, 6) is 0. The van der Waals surface area contributed by atoms with Crippen molar-refractivity contribution < 1.29 is 18.0 Å². The molecule has 0 saturated carbocycles. The number of hydrogen-bond acceptors (Lipinski definition) is 2. The van der Waals surface area contributed by atoms with Crippen molar-refractivity contribution >= 4 is 28.3 Å². The molecule has 1 aromatic carbocycles. The van der Waals surface area contributed by atoms with E-state index in [2.05, 4.69) is 27.4 Å². The quantitative estimate of drug-likeness (QED) is 0.669. The second-order valence-electron chi connectivity index (χ2n) is 2.16. The minimum absolute atomic E-state index is 0.262. The summed E-state index contributed by atoms with van der Waals surface area (Å²) in [6.07, 6.45) is -4.66. The van der Waals surface area contributed by atoms with Crippen LogP contribution in [0, 0.1) is 3.57 Å². The third kappa shape index (κ3) is 4.32. The highest BCUT2D eigenvalue weighted by Crippen LogP contribution is 2.18. The Morgan fingerprint density at radius 1 is 1.15 bits per heavy atom. The summed E-state index contributed by atoms with van der Waals surface area (Å²) < 4.78 is 35.5. The van der Waals surface area contributed by atoms with E-state index in [0.29, 0.717) is 0 Å². The number of rotatable bonds is 2. The van der Waals surface area contributed by atoms with Crippen molar-refractivity contribution in [1.29, 1.82) is 0 Å². The van der Waals surface area contributed by atoms with Gasteiger partial charge in [-0.05, 0) is 46.9 Å². The maximum absolute atomic E-state index is 11.5. The van der Waals surface area contributed by atoms with E-state index < -0.39 is 6.36 Å². The molecule has 13 heavy (non-hydrogen) atoms. The van der Waals surface area contributed by atoms with Gasteiger partial charge in [-0.15, -0.1) is 13.2 Å². The van der Waals surface area contributed by atoms with Crippen LogP contribution in [0.4, 0.5) is 18.9 Å². The molecule has 0 unspecified atom stereocenters. The maximum atomic E-state index is 11.5. The number of nitrogens with one attached hydrogen (secondary N) is 1. The first-order valence-corrected chi connectivity index (χ1v) is 4.31. The van der Waals surface area contributed by atoms with E-state index in [4.69, 9.17) is 0 Å². The first-order chi connectivity index (χ1) is 5.97. The Bertz CT molecular complexity index is 272. The normalized spacial score (nSPS) is 11.4. The Kier molecular flexibility index (Phi) is 3.37. The van der Waals surface area contributed by atoms with Gasteiger partial charge in [-0.25, -0.2) is 0 Å². The molecule has 0 aliphatic carbocycles. The van der Waals surface area contributed by atoms with Crippen LogP contribution in [0.3, 0.4) is 0 Å². The van der Waals surface area contributed by atoms with E-state index in [1.807, 2.05) is 0 Å². The molecule has 0 saturated heterocycles. The molecule has 1 rings (SSSR count). The fourth-order valence-corrected chi connectivity index (χ4v) is 0.994. The Balaban J connectivity index is 2.51. The molecule has 0 bridgehead atoms. The molecule has 0 aliphatic rings. The van der Waals surface area contributed by atoms with Crippen LogP contribution < -0.4 is 5.48 Å². The van der Waals surface area contributed by atoms with Gasteiger partial charge in [0.25, 0.3) is 0 Å². The largest absolute Gasteiger partial charge is 0.543 e. The molecule has 6 heteroatoms. The standard InChI is InChI=1S/C7H5F3INO/c8-7(9,10)13-12-6-3-1-5(11)2-4-6/h1-4,12H. The summed E-state index contributed by atoms with van der Waals surface area (Å²) >= 11 is 2.05. The first kappa shape index (κ1) is 10.6. The van der Waals surface area contributed by atoms with Crippen molar-refractivity contribution in [3.63, 3.8) is 0 Å². The van der Waals surface area contributed by atoms with Crippen LogP contribution in [0.1, 0.15) is 0 Å². The summed E-state index contributed by atoms with van der Waals surface area (Å²) in [7, 11) is 0. The van der Waals surface area contributed by atoms with Gasteiger partial charge < -0.3 is 0 Å². The minimum Gasteiger partial charge on any atom is -0.258 e. The first-order valence-electron chi connectivity index (χ1n) is 3.24. The van der Waals surface area contributed by atoms with Crippen molar-refractivity contribution in [3.05, 3.63) is 27.8 Å². The van der Waals surface area contributed by atoms with Gasteiger partial charge in [-0.3, -0.25) is 5.48 Å². The van der Waals surface area contributed by atoms with Gasteiger partial charge in [-0.2, -0.15) is 4.84 Å². The Morgan fingerprint density at radius 2 is 1.69 bits per heavy atom. The molecule has 0 heterocycles. The van der Waals surface area contributed by atoms with E-state index in [0.717, 1.165) is 3.57 Å². The van der Waals surface area contributed by atoms with Crippen LogP contribution >= 0.6 is 22.6 Å². The lowest BCUT2D eigenvalue weighted by atomic mass is 10.3. The van der Waals surface area contributed by atoms with Crippen LogP contribution in [-0.4, -0.2) is 6.36 Å². The summed E-state index contributed by atoms with van der Waals surface area (Å²) in [5.41, 5.74) is 2.05. The molecular weight excluding hydrogens is 298 g/mol. The van der Waals surface area contributed by atoms with Gasteiger partial charge in [-0.1, -0.05) is 0 Å². The zero-order valence-corrected chi connectivity index (χ0v) is 8.39. The van der Waals surface area contributed by atoms with Gasteiger partial charge in [0.15, 0.2) is 0 Å². The van der Waals surface area contributed by atoms with Crippen molar-refractivity contribution in [1.82, 2.24) is 0 Å². The number of hydrogen-bond donors (Lipinski definition) is 1. The van der Waals surface area contributed by atoms with Crippen LogP contribution in [0.5, 0.6) is 0 Å². The lowest BCUT2D eigenvalue weighted by Gasteiger charge is -2.08. The molecule has 0 spiro atoms. The van der Waals surface area contributed by atoms with Gasteiger partial charge in [0.1, 0.15) is 0 Å². The van der Waals surface area contributed by atoms with Crippen molar-refractivity contribution in [2.24, 2.45) is 0 Å². The van der Waals surface area contributed by atoms with Gasteiger partial charge in [0.05, 0.1) is 5.69 Å². The Labute approximate surface area is 86.2 Å². The lowest BCUT2D eigenvalue weighted by Crippen LogP contribution is -2.17. The second-order valence-corrected chi connectivity index (χ2v) is 3.40. The average molecular weight is 303 g/mol. The van der Waals surface area contributed by atoms with Gasteiger partial charge in [0, 0.05) is 3.57 Å². The molecule has 0 radical (unpaired) electrons. The molecule has 1 N–H and O–H groups in total. The minimum atomic E-state index is -4.66. The summed E-state index contributed by atoms with van der Waals surface area (Å²) in [6, 6.07) is 6.33.